The number of halogens is 3. The predicted molar refractivity (Wildman–Crippen MR) is 137 cm³/mol. The molecule has 3 aromatic rings. The zero-order chi connectivity index (χ0) is 25.3. The summed E-state index contributed by atoms with van der Waals surface area (Å²) >= 11 is 0. The minimum Gasteiger partial charge on any atom is -0.386 e. The van der Waals surface area contributed by atoms with Gasteiger partial charge in [-0.2, -0.15) is 13.2 Å². The standard InChI is InChI=1S/C26H32F3N5O/c1-17-13-19(18(2)31-23-8-6-5-7-22(23)30-3)20-15-24(32(4)25(35)21(20)14-17)34-11-9-33(10-12-34)16-26(27,28)29/h5-8,13-15,18,30-31H,9-12,16H2,1-4H3/t18-/m1/s1. The van der Waals surface area contributed by atoms with E-state index in [1.807, 2.05) is 55.3 Å². The molecule has 1 fully saturated rings. The summed E-state index contributed by atoms with van der Waals surface area (Å²) in [5.41, 5.74) is 3.82. The number of nitrogens with zero attached hydrogens (tertiary/aromatic N) is 3. The zero-order valence-corrected chi connectivity index (χ0v) is 20.5. The fraction of sp³-hybridized carbons (Fsp3) is 0.423. The lowest BCUT2D eigenvalue weighted by molar-refractivity contribution is -0.146. The number of aryl methyl sites for hydroxylation is 1. The molecule has 2 aromatic carbocycles. The van der Waals surface area contributed by atoms with Gasteiger partial charge in [-0.25, -0.2) is 0 Å². The number of rotatable bonds is 6. The van der Waals surface area contributed by atoms with Gasteiger partial charge in [0.05, 0.1) is 17.9 Å². The van der Waals surface area contributed by atoms with Crippen molar-refractivity contribution < 1.29 is 13.2 Å². The number of piperazine rings is 1. The Kier molecular flexibility index (Phi) is 6.98. The third kappa shape index (κ3) is 5.40. The van der Waals surface area contributed by atoms with Crippen LogP contribution >= 0.6 is 0 Å². The van der Waals surface area contributed by atoms with Crippen LogP contribution in [0, 0.1) is 6.92 Å². The van der Waals surface area contributed by atoms with E-state index in [0.717, 1.165) is 33.7 Å². The average molecular weight is 488 g/mol. The molecule has 1 aromatic heterocycles. The molecular weight excluding hydrogens is 455 g/mol. The largest absolute Gasteiger partial charge is 0.401 e. The van der Waals surface area contributed by atoms with Gasteiger partial charge in [-0.1, -0.05) is 18.2 Å². The van der Waals surface area contributed by atoms with E-state index in [1.54, 1.807) is 11.6 Å². The Morgan fingerprint density at radius 2 is 1.66 bits per heavy atom. The van der Waals surface area contributed by atoms with Crippen molar-refractivity contribution in [2.24, 2.45) is 7.05 Å². The molecule has 9 heteroatoms. The first-order chi connectivity index (χ1) is 16.6. The summed E-state index contributed by atoms with van der Waals surface area (Å²) in [5.74, 6) is 0.724. The van der Waals surface area contributed by atoms with Gasteiger partial charge >= 0.3 is 6.18 Å². The van der Waals surface area contributed by atoms with Gasteiger partial charge in [0.15, 0.2) is 0 Å². The summed E-state index contributed by atoms with van der Waals surface area (Å²) in [4.78, 5) is 16.8. The summed E-state index contributed by atoms with van der Waals surface area (Å²) in [5, 5.41) is 8.24. The lowest BCUT2D eigenvalue weighted by atomic mass is 9.97. The highest BCUT2D eigenvalue weighted by atomic mass is 19.4. The van der Waals surface area contributed by atoms with E-state index < -0.39 is 12.7 Å². The SMILES string of the molecule is CNc1ccccc1N[C@H](C)c1cc(C)cc2c(=O)n(C)c(N3CCN(CC(F)(F)F)CC3)cc12. The van der Waals surface area contributed by atoms with Crippen LogP contribution in [0.2, 0.25) is 0 Å². The molecule has 0 bridgehead atoms. The van der Waals surface area contributed by atoms with E-state index in [1.165, 1.54) is 4.90 Å². The van der Waals surface area contributed by atoms with E-state index in [0.29, 0.717) is 31.6 Å². The molecular formula is C26H32F3N5O. The first-order valence-corrected chi connectivity index (χ1v) is 11.8. The number of hydrogen-bond acceptors (Lipinski definition) is 5. The molecule has 35 heavy (non-hydrogen) atoms. The average Bonchev–Trinajstić information content (AvgIpc) is 2.81. The zero-order valence-electron chi connectivity index (χ0n) is 20.5. The van der Waals surface area contributed by atoms with E-state index in [9.17, 15) is 18.0 Å². The quantitative estimate of drug-likeness (QED) is 0.526. The molecule has 0 saturated carbocycles. The Bertz CT molecular complexity index is 1260. The Balaban J connectivity index is 1.69. The number of benzene rings is 2. The van der Waals surface area contributed by atoms with Gasteiger partial charge in [0.2, 0.25) is 0 Å². The molecule has 0 spiro atoms. The van der Waals surface area contributed by atoms with Crippen molar-refractivity contribution in [1.29, 1.82) is 0 Å². The Morgan fingerprint density at radius 3 is 2.29 bits per heavy atom. The van der Waals surface area contributed by atoms with Gasteiger partial charge in [-0.3, -0.25) is 14.3 Å². The number of pyridine rings is 1. The van der Waals surface area contributed by atoms with Crippen LogP contribution in [-0.2, 0) is 7.05 Å². The number of para-hydroxylation sites is 2. The van der Waals surface area contributed by atoms with E-state index in [-0.39, 0.29) is 11.6 Å². The fourth-order valence-electron chi connectivity index (χ4n) is 4.86. The van der Waals surface area contributed by atoms with Crippen LogP contribution in [0.3, 0.4) is 0 Å². The molecule has 6 nitrogen and oxygen atoms in total. The molecule has 1 saturated heterocycles. The second-order valence-electron chi connectivity index (χ2n) is 9.22. The number of fused-ring (bicyclic) bond motifs is 1. The number of hydrogen-bond donors (Lipinski definition) is 2. The van der Waals surface area contributed by atoms with Crippen LogP contribution in [0.1, 0.15) is 24.1 Å². The molecule has 1 aliphatic rings. The molecule has 0 radical (unpaired) electrons. The van der Waals surface area contributed by atoms with Crippen LogP contribution in [0.4, 0.5) is 30.4 Å². The molecule has 188 valence electrons. The normalized spacial score (nSPS) is 15.9. The number of aromatic nitrogens is 1. The monoisotopic (exact) mass is 487 g/mol. The maximum Gasteiger partial charge on any atom is 0.401 e. The van der Waals surface area contributed by atoms with E-state index in [2.05, 4.69) is 23.6 Å². The van der Waals surface area contributed by atoms with Gasteiger partial charge in [0.25, 0.3) is 5.56 Å². The summed E-state index contributed by atoms with van der Waals surface area (Å²) in [6, 6.07) is 13.8. The van der Waals surface area contributed by atoms with Crippen molar-refractivity contribution in [3.63, 3.8) is 0 Å². The second-order valence-corrected chi connectivity index (χ2v) is 9.22. The molecule has 4 rings (SSSR count). The van der Waals surface area contributed by atoms with Crippen molar-refractivity contribution in [1.82, 2.24) is 9.47 Å². The molecule has 2 N–H and O–H groups in total. The summed E-state index contributed by atoms with van der Waals surface area (Å²) in [6.45, 7) is 4.59. The van der Waals surface area contributed by atoms with Crippen molar-refractivity contribution in [2.45, 2.75) is 26.1 Å². The number of alkyl halides is 3. The third-order valence-corrected chi connectivity index (χ3v) is 6.64. The lowest BCUT2D eigenvalue weighted by Crippen LogP contribution is -2.50. The number of nitrogens with one attached hydrogen (secondary N) is 2. The van der Waals surface area contributed by atoms with Gasteiger partial charge in [0, 0.05) is 51.7 Å². The predicted octanol–water partition coefficient (Wildman–Crippen LogP) is 4.75. The maximum atomic E-state index is 13.4. The fourth-order valence-corrected chi connectivity index (χ4v) is 4.86. The molecule has 2 heterocycles. The smallest absolute Gasteiger partial charge is 0.386 e. The molecule has 0 aliphatic carbocycles. The lowest BCUT2D eigenvalue weighted by Gasteiger charge is -2.37. The van der Waals surface area contributed by atoms with Crippen LogP contribution in [-0.4, -0.2) is 55.4 Å². The summed E-state index contributed by atoms with van der Waals surface area (Å²) in [6.07, 6.45) is -4.21. The van der Waals surface area contributed by atoms with Crippen LogP contribution < -0.4 is 21.1 Å². The van der Waals surface area contributed by atoms with Crippen molar-refractivity contribution >= 4 is 28.0 Å². The maximum absolute atomic E-state index is 13.4. The molecule has 0 unspecified atom stereocenters. The second kappa shape index (κ2) is 9.81. The summed E-state index contributed by atoms with van der Waals surface area (Å²) in [7, 11) is 3.60. The summed E-state index contributed by atoms with van der Waals surface area (Å²) < 4.78 is 40.0. The minimum absolute atomic E-state index is 0.0875. The molecule has 1 atom stereocenters. The minimum atomic E-state index is -4.21. The first kappa shape index (κ1) is 24.9. The topological polar surface area (TPSA) is 52.5 Å². The Hall–Kier alpha value is -3.20. The molecule has 1 aliphatic heterocycles. The van der Waals surface area contributed by atoms with Gasteiger partial charge < -0.3 is 15.5 Å². The van der Waals surface area contributed by atoms with Crippen molar-refractivity contribution in [2.75, 3.05) is 55.3 Å². The third-order valence-electron chi connectivity index (χ3n) is 6.64. The highest BCUT2D eigenvalue weighted by Crippen LogP contribution is 2.32. The van der Waals surface area contributed by atoms with Gasteiger partial charge in [-0.15, -0.1) is 0 Å². The first-order valence-electron chi connectivity index (χ1n) is 11.8. The Labute approximate surface area is 203 Å². The van der Waals surface area contributed by atoms with Crippen LogP contribution in [0.25, 0.3) is 10.8 Å². The van der Waals surface area contributed by atoms with Crippen LogP contribution in [0.15, 0.2) is 47.3 Å². The van der Waals surface area contributed by atoms with Crippen LogP contribution in [0.5, 0.6) is 0 Å². The van der Waals surface area contributed by atoms with E-state index in [4.69, 9.17) is 0 Å². The highest BCUT2D eigenvalue weighted by molar-refractivity contribution is 5.89. The van der Waals surface area contributed by atoms with Gasteiger partial charge in [-0.05, 0) is 54.6 Å². The van der Waals surface area contributed by atoms with Crippen molar-refractivity contribution in [3.8, 4) is 0 Å². The number of anilines is 3. The Morgan fingerprint density at radius 1 is 1.00 bits per heavy atom. The van der Waals surface area contributed by atoms with E-state index >= 15 is 0 Å². The van der Waals surface area contributed by atoms with Crippen molar-refractivity contribution in [3.05, 3.63) is 63.9 Å². The molecule has 0 amide bonds. The highest BCUT2D eigenvalue weighted by Gasteiger charge is 2.32. The van der Waals surface area contributed by atoms with Gasteiger partial charge in [0.1, 0.15) is 5.82 Å².